The number of halogens is 1. The van der Waals surface area contributed by atoms with Crippen molar-refractivity contribution in [1.29, 1.82) is 0 Å². The summed E-state index contributed by atoms with van der Waals surface area (Å²) in [6.45, 7) is 5.50. The third kappa shape index (κ3) is 5.25. The summed E-state index contributed by atoms with van der Waals surface area (Å²) in [4.78, 5) is 14.2. The number of rotatable bonds is 7. The Morgan fingerprint density at radius 3 is 2.58 bits per heavy atom. The van der Waals surface area contributed by atoms with Crippen molar-refractivity contribution in [1.82, 2.24) is 4.90 Å². The monoisotopic (exact) mass is 346 g/mol. The molecule has 0 bridgehead atoms. The van der Waals surface area contributed by atoms with Crippen molar-refractivity contribution in [2.45, 2.75) is 20.4 Å². The van der Waals surface area contributed by atoms with Crippen LogP contribution in [0.3, 0.4) is 0 Å². The molecule has 0 atom stereocenters. The Morgan fingerprint density at radius 1 is 1.21 bits per heavy atom. The minimum Gasteiger partial charge on any atom is -0.494 e. The second-order valence-electron chi connectivity index (χ2n) is 5.71. The highest BCUT2D eigenvalue weighted by Gasteiger charge is 2.10. The Bertz CT molecular complexity index is 686. The van der Waals surface area contributed by atoms with Gasteiger partial charge in [-0.15, -0.1) is 0 Å². The number of nitrogens with one attached hydrogen (secondary N) is 1. The maximum Gasteiger partial charge on any atom is 0.238 e. The fourth-order valence-electron chi connectivity index (χ4n) is 2.40. The first-order chi connectivity index (χ1) is 11.5. The number of nitrogens with zero attached hydrogens (tertiary/aromatic N) is 1. The van der Waals surface area contributed by atoms with E-state index in [9.17, 15) is 4.79 Å². The third-order valence-corrected chi connectivity index (χ3v) is 4.05. The molecule has 0 aromatic heterocycles. The minimum absolute atomic E-state index is 0.0613. The molecular weight excluding hydrogens is 324 g/mol. The number of anilines is 1. The van der Waals surface area contributed by atoms with E-state index in [2.05, 4.69) is 5.32 Å². The van der Waals surface area contributed by atoms with Crippen molar-refractivity contribution in [2.75, 3.05) is 25.5 Å². The number of likely N-dealkylation sites (N-methyl/N-ethyl adjacent to an activating group) is 1. The van der Waals surface area contributed by atoms with Crippen LogP contribution in [0.4, 0.5) is 5.69 Å². The standard InChI is InChI=1S/C19H23ClN2O2/c1-4-24-16-10-8-15(9-11-16)12-22(3)13-19(23)21-18-7-5-6-17(20)14(18)2/h5-11H,4,12-13H2,1-3H3,(H,21,23). The van der Waals surface area contributed by atoms with Crippen LogP contribution >= 0.6 is 11.6 Å². The van der Waals surface area contributed by atoms with E-state index in [0.29, 0.717) is 24.7 Å². The highest BCUT2D eigenvalue weighted by Crippen LogP contribution is 2.22. The van der Waals surface area contributed by atoms with Crippen LogP contribution in [0.25, 0.3) is 0 Å². The fraction of sp³-hybridized carbons (Fsp3) is 0.316. The zero-order chi connectivity index (χ0) is 17.5. The van der Waals surface area contributed by atoms with Crippen molar-refractivity contribution in [3.8, 4) is 5.75 Å². The lowest BCUT2D eigenvalue weighted by atomic mass is 10.2. The Hall–Kier alpha value is -2.04. The maximum absolute atomic E-state index is 12.2. The molecule has 0 aliphatic rings. The molecule has 0 unspecified atom stereocenters. The van der Waals surface area contributed by atoms with Gasteiger partial charge in [-0.2, -0.15) is 0 Å². The van der Waals surface area contributed by atoms with Crippen LogP contribution in [0.5, 0.6) is 5.75 Å². The summed E-state index contributed by atoms with van der Waals surface area (Å²) in [6, 6.07) is 13.4. The van der Waals surface area contributed by atoms with Gasteiger partial charge in [-0.05, 0) is 56.3 Å². The number of benzene rings is 2. The first-order valence-electron chi connectivity index (χ1n) is 7.95. The van der Waals surface area contributed by atoms with Gasteiger partial charge in [0.15, 0.2) is 0 Å². The van der Waals surface area contributed by atoms with Crippen LogP contribution in [0.15, 0.2) is 42.5 Å². The summed E-state index contributed by atoms with van der Waals surface area (Å²) >= 11 is 6.07. The summed E-state index contributed by atoms with van der Waals surface area (Å²) in [6.07, 6.45) is 0. The SMILES string of the molecule is CCOc1ccc(CN(C)CC(=O)Nc2cccc(Cl)c2C)cc1. The zero-order valence-corrected chi connectivity index (χ0v) is 15.1. The molecule has 0 radical (unpaired) electrons. The van der Waals surface area contributed by atoms with Gasteiger partial charge in [-0.25, -0.2) is 0 Å². The lowest BCUT2D eigenvalue weighted by Crippen LogP contribution is -2.30. The highest BCUT2D eigenvalue weighted by atomic mass is 35.5. The van der Waals surface area contributed by atoms with Crippen molar-refractivity contribution >= 4 is 23.2 Å². The Morgan fingerprint density at radius 2 is 1.92 bits per heavy atom. The van der Waals surface area contributed by atoms with Crippen molar-refractivity contribution in [3.63, 3.8) is 0 Å². The van der Waals surface area contributed by atoms with Gasteiger partial charge in [0.25, 0.3) is 0 Å². The lowest BCUT2D eigenvalue weighted by Gasteiger charge is -2.17. The topological polar surface area (TPSA) is 41.6 Å². The van der Waals surface area contributed by atoms with E-state index in [0.717, 1.165) is 22.6 Å². The average Bonchev–Trinajstić information content (AvgIpc) is 2.54. The predicted molar refractivity (Wildman–Crippen MR) is 98.8 cm³/mol. The average molecular weight is 347 g/mol. The molecular formula is C19H23ClN2O2. The van der Waals surface area contributed by atoms with E-state index in [4.69, 9.17) is 16.3 Å². The van der Waals surface area contributed by atoms with E-state index in [1.54, 1.807) is 0 Å². The van der Waals surface area contributed by atoms with Crippen LogP contribution in [-0.2, 0) is 11.3 Å². The van der Waals surface area contributed by atoms with E-state index < -0.39 is 0 Å². The first-order valence-corrected chi connectivity index (χ1v) is 8.32. The molecule has 0 aliphatic carbocycles. The van der Waals surface area contributed by atoms with Gasteiger partial charge in [-0.3, -0.25) is 9.69 Å². The Labute approximate surface area is 148 Å². The normalized spacial score (nSPS) is 10.7. The number of amides is 1. The first kappa shape index (κ1) is 18.3. The lowest BCUT2D eigenvalue weighted by molar-refractivity contribution is -0.117. The molecule has 5 heteroatoms. The molecule has 2 aromatic rings. The van der Waals surface area contributed by atoms with Crippen LogP contribution < -0.4 is 10.1 Å². The molecule has 1 amide bonds. The summed E-state index contributed by atoms with van der Waals surface area (Å²) in [7, 11) is 1.92. The van der Waals surface area contributed by atoms with Gasteiger partial charge in [0.2, 0.25) is 5.91 Å². The molecule has 0 saturated carbocycles. The number of hydrogen-bond acceptors (Lipinski definition) is 3. The minimum atomic E-state index is -0.0613. The van der Waals surface area contributed by atoms with Crippen LogP contribution in [-0.4, -0.2) is 31.0 Å². The van der Waals surface area contributed by atoms with Gasteiger partial charge >= 0.3 is 0 Å². The van der Waals surface area contributed by atoms with Crippen molar-refractivity contribution in [3.05, 3.63) is 58.6 Å². The van der Waals surface area contributed by atoms with E-state index in [1.807, 2.05) is 68.3 Å². The van der Waals surface area contributed by atoms with E-state index >= 15 is 0 Å². The highest BCUT2D eigenvalue weighted by molar-refractivity contribution is 6.31. The molecule has 1 N–H and O–H groups in total. The van der Waals surface area contributed by atoms with Crippen LogP contribution in [0.1, 0.15) is 18.1 Å². The van der Waals surface area contributed by atoms with Crippen LogP contribution in [0.2, 0.25) is 5.02 Å². The molecule has 128 valence electrons. The number of carbonyl (C=O) groups is 1. The summed E-state index contributed by atoms with van der Waals surface area (Å²) in [5.41, 5.74) is 2.76. The smallest absolute Gasteiger partial charge is 0.238 e. The quantitative estimate of drug-likeness (QED) is 0.820. The third-order valence-electron chi connectivity index (χ3n) is 3.64. The zero-order valence-electron chi connectivity index (χ0n) is 14.3. The molecule has 0 heterocycles. The van der Waals surface area contributed by atoms with Gasteiger partial charge < -0.3 is 10.1 Å². The second kappa shape index (κ2) is 8.71. The largest absolute Gasteiger partial charge is 0.494 e. The second-order valence-corrected chi connectivity index (χ2v) is 6.12. The molecule has 0 spiro atoms. The molecule has 4 nitrogen and oxygen atoms in total. The molecule has 0 saturated heterocycles. The number of hydrogen-bond donors (Lipinski definition) is 1. The fourth-order valence-corrected chi connectivity index (χ4v) is 2.58. The van der Waals surface area contributed by atoms with Gasteiger partial charge in [0, 0.05) is 17.3 Å². The number of carbonyl (C=O) groups excluding carboxylic acids is 1. The van der Waals surface area contributed by atoms with E-state index in [-0.39, 0.29) is 5.91 Å². The predicted octanol–water partition coefficient (Wildman–Crippen LogP) is 4.12. The molecule has 2 rings (SSSR count). The summed E-state index contributed by atoms with van der Waals surface area (Å²) < 4.78 is 5.43. The van der Waals surface area contributed by atoms with Crippen molar-refractivity contribution < 1.29 is 9.53 Å². The molecule has 2 aromatic carbocycles. The Kier molecular flexibility index (Phi) is 6.64. The maximum atomic E-state index is 12.2. The van der Waals surface area contributed by atoms with Gasteiger partial charge in [0.05, 0.1) is 13.2 Å². The molecule has 0 fully saturated rings. The van der Waals surface area contributed by atoms with Crippen LogP contribution in [0, 0.1) is 6.92 Å². The number of ether oxygens (including phenoxy) is 1. The summed E-state index contributed by atoms with van der Waals surface area (Å²) in [5.74, 6) is 0.798. The van der Waals surface area contributed by atoms with Gasteiger partial charge in [-0.1, -0.05) is 29.8 Å². The van der Waals surface area contributed by atoms with Gasteiger partial charge in [0.1, 0.15) is 5.75 Å². The van der Waals surface area contributed by atoms with E-state index in [1.165, 1.54) is 0 Å². The molecule has 24 heavy (non-hydrogen) atoms. The molecule has 0 aliphatic heterocycles. The summed E-state index contributed by atoms with van der Waals surface area (Å²) in [5, 5.41) is 3.56. The van der Waals surface area contributed by atoms with Crippen molar-refractivity contribution in [2.24, 2.45) is 0 Å². The Balaban J connectivity index is 1.88.